The molecule has 0 aliphatic rings. The molecule has 0 bridgehead atoms. The Morgan fingerprint density at radius 2 is 2.09 bits per heavy atom. The van der Waals surface area contributed by atoms with Crippen molar-refractivity contribution >= 4 is 45.3 Å². The van der Waals surface area contributed by atoms with E-state index in [9.17, 15) is 20.0 Å². The summed E-state index contributed by atoms with van der Waals surface area (Å²) in [4.78, 5) is 22.1. The van der Waals surface area contributed by atoms with Crippen LogP contribution >= 0.6 is 27.5 Å². The first-order valence-corrected chi connectivity index (χ1v) is 7.31. The van der Waals surface area contributed by atoms with Crippen LogP contribution < -0.4 is 5.43 Å². The van der Waals surface area contributed by atoms with Crippen LogP contribution in [0.2, 0.25) is 5.02 Å². The minimum absolute atomic E-state index is 0.0293. The summed E-state index contributed by atoms with van der Waals surface area (Å²) >= 11 is 9.10. The van der Waals surface area contributed by atoms with Crippen molar-refractivity contribution in [2.45, 2.75) is 0 Å². The molecule has 2 aromatic rings. The summed E-state index contributed by atoms with van der Waals surface area (Å²) in [7, 11) is 0. The fourth-order valence-corrected chi connectivity index (χ4v) is 2.18. The summed E-state index contributed by atoms with van der Waals surface area (Å²) < 4.78 is 0.617. The van der Waals surface area contributed by atoms with Crippen LogP contribution in [0.15, 0.2) is 46.0 Å². The highest BCUT2D eigenvalue weighted by Gasteiger charge is 2.11. The molecule has 118 valence electrons. The monoisotopic (exact) mass is 397 g/mol. The molecule has 0 unspecified atom stereocenters. The smallest absolute Gasteiger partial charge is 0.275 e. The van der Waals surface area contributed by atoms with E-state index in [1.165, 1.54) is 36.5 Å². The normalized spacial score (nSPS) is 10.7. The fraction of sp³-hybridized carbons (Fsp3) is 0. The number of phenolic OH excluding ortho intramolecular Hbond substituents is 1. The van der Waals surface area contributed by atoms with E-state index >= 15 is 0 Å². The van der Waals surface area contributed by atoms with Crippen molar-refractivity contribution in [3.63, 3.8) is 0 Å². The molecule has 0 spiro atoms. The second kappa shape index (κ2) is 7.21. The Bertz CT molecular complexity index is 811. The largest absolute Gasteiger partial charge is 0.507 e. The number of nitro benzene ring substituents is 1. The number of non-ortho nitro benzene ring substituents is 1. The molecule has 1 amide bonds. The minimum atomic E-state index is -0.637. The molecule has 0 fully saturated rings. The number of carbonyl (C=O) groups is 1. The lowest BCUT2D eigenvalue weighted by Crippen LogP contribution is -2.17. The van der Waals surface area contributed by atoms with Gasteiger partial charge < -0.3 is 5.11 Å². The first-order chi connectivity index (χ1) is 10.9. The molecule has 7 nitrogen and oxygen atoms in total. The molecular weight excluding hydrogens is 390 g/mol. The fourth-order valence-electron chi connectivity index (χ4n) is 1.65. The summed E-state index contributed by atoms with van der Waals surface area (Å²) in [5.74, 6) is -0.837. The molecule has 0 atom stereocenters. The lowest BCUT2D eigenvalue weighted by molar-refractivity contribution is -0.384. The zero-order valence-corrected chi connectivity index (χ0v) is 13.7. The zero-order chi connectivity index (χ0) is 17.0. The number of halogens is 2. The van der Waals surface area contributed by atoms with E-state index in [0.29, 0.717) is 4.47 Å². The summed E-state index contributed by atoms with van der Waals surface area (Å²) in [5.41, 5.74) is 2.37. The van der Waals surface area contributed by atoms with Crippen LogP contribution in [0.4, 0.5) is 5.69 Å². The third-order valence-electron chi connectivity index (χ3n) is 2.76. The first-order valence-electron chi connectivity index (χ1n) is 6.14. The van der Waals surface area contributed by atoms with Crippen LogP contribution in [0, 0.1) is 10.1 Å². The number of hydrazone groups is 1. The van der Waals surface area contributed by atoms with Crippen LogP contribution in [0.1, 0.15) is 15.9 Å². The molecule has 2 N–H and O–H groups in total. The van der Waals surface area contributed by atoms with Gasteiger partial charge in [-0.2, -0.15) is 5.10 Å². The summed E-state index contributed by atoms with van der Waals surface area (Å²) in [5, 5.41) is 24.3. The average molecular weight is 399 g/mol. The second-order valence-electron chi connectivity index (χ2n) is 4.32. The molecule has 23 heavy (non-hydrogen) atoms. The minimum Gasteiger partial charge on any atom is -0.507 e. The zero-order valence-electron chi connectivity index (χ0n) is 11.4. The SMILES string of the molecule is O=C(N/N=C\c1cc([N+](=O)[O-])ccc1Cl)c1cc(Br)ccc1O. The average Bonchev–Trinajstić information content (AvgIpc) is 2.51. The second-order valence-corrected chi connectivity index (χ2v) is 5.65. The van der Waals surface area contributed by atoms with Gasteiger partial charge in [0, 0.05) is 27.2 Å². The van der Waals surface area contributed by atoms with E-state index in [0.717, 1.165) is 0 Å². The van der Waals surface area contributed by atoms with Crippen molar-refractivity contribution in [3.8, 4) is 5.75 Å². The number of nitrogens with one attached hydrogen (secondary N) is 1. The van der Waals surface area contributed by atoms with Crippen LogP contribution in [0.5, 0.6) is 5.75 Å². The molecule has 0 aliphatic heterocycles. The summed E-state index contributed by atoms with van der Waals surface area (Å²) in [6, 6.07) is 8.23. The Hall–Kier alpha value is -2.45. The van der Waals surface area contributed by atoms with Crippen molar-refractivity contribution in [1.82, 2.24) is 5.43 Å². The number of benzene rings is 2. The predicted octanol–water partition coefficient (Wildman–Crippen LogP) is 3.48. The van der Waals surface area contributed by atoms with Gasteiger partial charge in [0.2, 0.25) is 0 Å². The molecule has 2 rings (SSSR count). The molecule has 0 radical (unpaired) electrons. The van der Waals surface area contributed by atoms with E-state index in [4.69, 9.17) is 11.6 Å². The van der Waals surface area contributed by atoms with E-state index in [2.05, 4.69) is 26.5 Å². The summed E-state index contributed by atoms with van der Waals surface area (Å²) in [6.45, 7) is 0. The van der Waals surface area contributed by atoms with Crippen molar-refractivity contribution in [1.29, 1.82) is 0 Å². The van der Waals surface area contributed by atoms with Crippen LogP contribution in [0.25, 0.3) is 0 Å². The quantitative estimate of drug-likeness (QED) is 0.467. The van der Waals surface area contributed by atoms with Crippen molar-refractivity contribution in [3.05, 3.63) is 67.1 Å². The molecule has 2 aromatic carbocycles. The number of aromatic hydroxyl groups is 1. The molecule has 0 aromatic heterocycles. The Labute approximate surface area is 143 Å². The maximum atomic E-state index is 11.9. The van der Waals surface area contributed by atoms with E-state index in [1.807, 2.05) is 0 Å². The molecule has 0 aliphatic carbocycles. The molecular formula is C14H9BrClN3O4. The van der Waals surface area contributed by atoms with Gasteiger partial charge in [-0.15, -0.1) is 0 Å². The highest BCUT2D eigenvalue weighted by atomic mass is 79.9. The van der Waals surface area contributed by atoms with Gasteiger partial charge in [-0.3, -0.25) is 14.9 Å². The standard InChI is InChI=1S/C14H9BrClN3O4/c15-9-1-4-13(20)11(6-9)14(21)18-17-7-8-5-10(19(22)23)2-3-12(8)16/h1-7,20H,(H,18,21)/b17-7-. The van der Waals surface area contributed by atoms with E-state index in [-0.39, 0.29) is 27.6 Å². The van der Waals surface area contributed by atoms with Crippen molar-refractivity contribution in [2.24, 2.45) is 5.10 Å². The topological polar surface area (TPSA) is 105 Å². The van der Waals surface area contributed by atoms with Gasteiger partial charge in [-0.05, 0) is 24.3 Å². The Morgan fingerprint density at radius 3 is 2.78 bits per heavy atom. The van der Waals surface area contributed by atoms with Gasteiger partial charge >= 0.3 is 0 Å². The van der Waals surface area contributed by atoms with Crippen molar-refractivity contribution < 1.29 is 14.8 Å². The van der Waals surface area contributed by atoms with Crippen LogP contribution in [-0.4, -0.2) is 22.2 Å². The van der Waals surface area contributed by atoms with Crippen molar-refractivity contribution in [2.75, 3.05) is 0 Å². The van der Waals surface area contributed by atoms with Gasteiger partial charge in [-0.1, -0.05) is 27.5 Å². The lowest BCUT2D eigenvalue weighted by atomic mass is 10.2. The number of nitro groups is 1. The van der Waals surface area contributed by atoms with E-state index in [1.54, 1.807) is 6.07 Å². The third-order valence-corrected chi connectivity index (χ3v) is 3.60. The Balaban J connectivity index is 2.15. The maximum Gasteiger partial charge on any atom is 0.275 e. The highest BCUT2D eigenvalue weighted by molar-refractivity contribution is 9.10. The number of hydrogen-bond donors (Lipinski definition) is 2. The Morgan fingerprint density at radius 1 is 1.35 bits per heavy atom. The van der Waals surface area contributed by atoms with Gasteiger partial charge in [0.1, 0.15) is 5.75 Å². The van der Waals surface area contributed by atoms with Crippen LogP contribution in [0.3, 0.4) is 0 Å². The number of nitrogens with zero attached hydrogens (tertiary/aromatic N) is 2. The van der Waals surface area contributed by atoms with Gasteiger partial charge in [0.15, 0.2) is 0 Å². The first kappa shape index (κ1) is 16.9. The number of rotatable bonds is 4. The number of amides is 1. The summed E-state index contributed by atoms with van der Waals surface area (Å²) in [6.07, 6.45) is 1.18. The Kier molecular flexibility index (Phi) is 5.30. The number of carbonyl (C=O) groups excluding carboxylic acids is 1. The van der Waals surface area contributed by atoms with E-state index < -0.39 is 10.8 Å². The predicted molar refractivity (Wildman–Crippen MR) is 89.0 cm³/mol. The van der Waals surface area contributed by atoms with Gasteiger partial charge in [-0.25, -0.2) is 5.43 Å². The number of phenols is 1. The van der Waals surface area contributed by atoms with Gasteiger partial charge in [0.05, 0.1) is 16.7 Å². The molecule has 0 saturated carbocycles. The number of hydrogen-bond acceptors (Lipinski definition) is 5. The molecule has 0 heterocycles. The third kappa shape index (κ3) is 4.27. The molecule has 9 heteroatoms. The maximum absolute atomic E-state index is 11.9. The highest BCUT2D eigenvalue weighted by Crippen LogP contribution is 2.22. The van der Waals surface area contributed by atoms with Gasteiger partial charge in [0.25, 0.3) is 11.6 Å². The van der Waals surface area contributed by atoms with Crippen LogP contribution in [-0.2, 0) is 0 Å². The molecule has 0 saturated heterocycles. The lowest BCUT2D eigenvalue weighted by Gasteiger charge is -2.03.